The van der Waals surface area contributed by atoms with E-state index in [1.54, 1.807) is 30.2 Å². The van der Waals surface area contributed by atoms with E-state index < -0.39 is 24.3 Å². The van der Waals surface area contributed by atoms with E-state index in [-0.39, 0.29) is 35.7 Å². The van der Waals surface area contributed by atoms with Crippen molar-refractivity contribution in [2.24, 2.45) is 11.8 Å². The predicted molar refractivity (Wildman–Crippen MR) is 255 cm³/mol. The fourth-order valence-corrected chi connectivity index (χ4v) is 8.96. The highest BCUT2D eigenvalue weighted by atomic mass is 16.5. The van der Waals surface area contributed by atoms with Gasteiger partial charge in [-0.1, -0.05) is 52.0 Å². The molecule has 4 heterocycles. The van der Waals surface area contributed by atoms with E-state index in [0.717, 1.165) is 70.2 Å². The minimum atomic E-state index is -0.740. The number of nitrogens with zero attached hydrogens (tertiary/aromatic N) is 4. The van der Waals surface area contributed by atoms with Gasteiger partial charge in [-0.3, -0.25) is 9.59 Å². The molecule has 2 aromatic heterocycles. The molecule has 4 N–H and O–H groups in total. The lowest BCUT2D eigenvalue weighted by Crippen LogP contribution is -2.51. The van der Waals surface area contributed by atoms with Gasteiger partial charge in [-0.15, -0.1) is 0 Å². The normalized spacial score (nSPS) is 16.9. The van der Waals surface area contributed by atoms with Crippen LogP contribution < -0.4 is 20.1 Å². The van der Waals surface area contributed by atoms with Crippen molar-refractivity contribution in [1.29, 1.82) is 0 Å². The number of likely N-dealkylation sites (tertiary alicyclic amines) is 2. The van der Waals surface area contributed by atoms with Gasteiger partial charge in [-0.25, -0.2) is 19.6 Å². The second-order valence-electron chi connectivity index (χ2n) is 17.7. The van der Waals surface area contributed by atoms with Gasteiger partial charge >= 0.3 is 12.2 Å². The van der Waals surface area contributed by atoms with Crippen molar-refractivity contribution < 1.29 is 47.6 Å². The Balaban J connectivity index is 1.16. The summed E-state index contributed by atoms with van der Waals surface area (Å²) in [4.78, 5) is 72.1. The van der Waals surface area contributed by atoms with Gasteiger partial charge in [0.1, 0.15) is 48.4 Å². The van der Waals surface area contributed by atoms with Crippen LogP contribution in [0.1, 0.15) is 77.1 Å². The number of rotatable bonds is 19. The number of hydrogen-bond acceptors (Lipinski definition) is 12. The summed E-state index contributed by atoms with van der Waals surface area (Å²) in [6.45, 7) is 10.1. The zero-order chi connectivity index (χ0) is 48.5. The molecule has 7 rings (SSSR count). The first-order valence-electron chi connectivity index (χ1n) is 23.2. The van der Waals surface area contributed by atoms with E-state index >= 15 is 0 Å². The Morgan fingerprint density at radius 2 is 1.16 bits per heavy atom. The number of nitrogens with one attached hydrogen (secondary N) is 4. The number of amides is 4. The maximum Gasteiger partial charge on any atom is 0.407 e. The SMILES string of the molecule is COCCOc1cc(-c2ccc(-c3cnc([C@@H]4CCCN4C(=O)[C@@H](NC(=O)OC)C(C)C)[nH]3)c(OCCOC)c2)ccc1-c1ccc2nc([C@@H]3CCCN3C(=O)[C@@H](NC(=O)OC)C(C)C)[nH]c2c1. The number of aromatic amines is 2. The molecule has 0 saturated carbocycles. The molecule has 4 amide bonds. The Morgan fingerprint density at radius 1 is 0.647 bits per heavy atom. The number of hydrogen-bond donors (Lipinski definition) is 4. The highest BCUT2D eigenvalue weighted by Gasteiger charge is 2.39. The number of carbonyl (C=O) groups is 4. The molecule has 2 aliphatic heterocycles. The number of aromatic nitrogens is 4. The lowest BCUT2D eigenvalue weighted by molar-refractivity contribution is -0.136. The Labute approximate surface area is 396 Å². The quantitative estimate of drug-likeness (QED) is 0.0596. The molecule has 18 nitrogen and oxygen atoms in total. The third-order valence-electron chi connectivity index (χ3n) is 12.6. The highest BCUT2D eigenvalue weighted by molar-refractivity contribution is 5.88. The van der Waals surface area contributed by atoms with Crippen LogP contribution in [-0.2, 0) is 28.5 Å². The third-order valence-corrected chi connectivity index (χ3v) is 12.6. The van der Waals surface area contributed by atoms with Gasteiger partial charge in [-0.2, -0.15) is 0 Å². The summed E-state index contributed by atoms with van der Waals surface area (Å²) in [5.74, 6) is 1.97. The van der Waals surface area contributed by atoms with Gasteiger partial charge in [-0.05, 0) is 84.5 Å². The number of methoxy groups -OCH3 is 4. The molecule has 4 atom stereocenters. The lowest BCUT2D eigenvalue weighted by atomic mass is 9.97. The van der Waals surface area contributed by atoms with Crippen LogP contribution in [0.5, 0.6) is 11.5 Å². The number of ether oxygens (including phenoxy) is 6. The van der Waals surface area contributed by atoms with E-state index in [1.807, 2.05) is 82.3 Å². The molecule has 0 unspecified atom stereocenters. The standard InChI is InChI=1S/C50H64N8O10/c1-29(2)43(55-49(61)65-7)47(59)57-19-9-11-39(57)45-51-28-38(54-45)35-17-14-32(27-42(35)68-24-22-64-6)31-13-16-34(41(26-31)67-23-21-63-5)33-15-18-36-37(25-33)53-46(52-36)40-12-10-20-58(40)48(60)44(30(3)4)56-50(62)66-8/h13-18,25-30,39-40,43-44H,9-12,19-24H2,1-8H3,(H,51,54)(H,52,53)(H,55,61)(H,56,62)/t39-,40-,43-,44-/m0/s1. The summed E-state index contributed by atoms with van der Waals surface area (Å²) in [6, 6.07) is 16.1. The van der Waals surface area contributed by atoms with Crippen molar-refractivity contribution in [1.82, 2.24) is 40.4 Å². The molecule has 0 aliphatic carbocycles. The van der Waals surface area contributed by atoms with E-state index in [2.05, 4.69) is 20.6 Å². The lowest BCUT2D eigenvalue weighted by Gasteiger charge is -2.30. The van der Waals surface area contributed by atoms with Crippen molar-refractivity contribution in [3.05, 3.63) is 72.4 Å². The Morgan fingerprint density at radius 3 is 1.69 bits per heavy atom. The summed E-state index contributed by atoms with van der Waals surface area (Å²) in [5.41, 5.74) is 6.65. The van der Waals surface area contributed by atoms with E-state index in [4.69, 9.17) is 38.4 Å². The Bertz CT molecular complexity index is 2560. The molecule has 0 spiro atoms. The summed E-state index contributed by atoms with van der Waals surface area (Å²) >= 11 is 0. The van der Waals surface area contributed by atoms with E-state index in [1.165, 1.54) is 14.2 Å². The molecule has 2 fully saturated rings. The largest absolute Gasteiger partial charge is 0.491 e. The molecule has 68 heavy (non-hydrogen) atoms. The maximum absolute atomic E-state index is 13.8. The summed E-state index contributed by atoms with van der Waals surface area (Å²) in [7, 11) is 5.82. The first-order valence-corrected chi connectivity index (χ1v) is 23.2. The van der Waals surface area contributed by atoms with Crippen LogP contribution in [0.2, 0.25) is 0 Å². The van der Waals surface area contributed by atoms with Crippen LogP contribution in [0.3, 0.4) is 0 Å². The minimum Gasteiger partial charge on any atom is -0.491 e. The average molecular weight is 937 g/mol. The first-order chi connectivity index (χ1) is 32.8. The summed E-state index contributed by atoms with van der Waals surface area (Å²) in [6.07, 6.45) is 3.53. The highest BCUT2D eigenvalue weighted by Crippen LogP contribution is 2.40. The summed E-state index contributed by atoms with van der Waals surface area (Å²) in [5, 5.41) is 5.42. The fourth-order valence-electron chi connectivity index (χ4n) is 8.96. The van der Waals surface area contributed by atoms with Gasteiger partial charge in [0.2, 0.25) is 11.8 Å². The van der Waals surface area contributed by atoms with E-state index in [9.17, 15) is 19.2 Å². The molecule has 2 aliphatic rings. The van der Waals surface area contributed by atoms with E-state index in [0.29, 0.717) is 62.7 Å². The van der Waals surface area contributed by atoms with Crippen molar-refractivity contribution in [2.45, 2.75) is 77.5 Å². The second-order valence-corrected chi connectivity index (χ2v) is 17.7. The number of fused-ring (bicyclic) bond motifs is 1. The first kappa shape index (κ1) is 49.3. The van der Waals surface area contributed by atoms with Crippen molar-refractivity contribution in [2.75, 3.05) is 68.0 Å². The monoisotopic (exact) mass is 936 g/mol. The molecule has 5 aromatic rings. The van der Waals surface area contributed by atoms with Gasteiger partial charge in [0.15, 0.2) is 0 Å². The number of alkyl carbamates (subject to hydrolysis) is 2. The molecule has 3 aromatic carbocycles. The van der Waals surface area contributed by atoms with Crippen LogP contribution in [0, 0.1) is 11.8 Å². The van der Waals surface area contributed by atoms with Crippen LogP contribution in [0.15, 0.2) is 60.8 Å². The molecule has 18 heteroatoms. The number of benzene rings is 3. The number of carbonyl (C=O) groups excluding carboxylic acids is 4. The van der Waals surface area contributed by atoms with Crippen molar-refractivity contribution >= 4 is 35.0 Å². The molecule has 364 valence electrons. The maximum atomic E-state index is 13.8. The van der Waals surface area contributed by atoms with Crippen LogP contribution in [0.4, 0.5) is 9.59 Å². The minimum absolute atomic E-state index is 0.141. The van der Waals surface area contributed by atoms with Gasteiger partial charge in [0, 0.05) is 38.4 Å². The zero-order valence-corrected chi connectivity index (χ0v) is 40.2. The topological polar surface area (TPSA) is 212 Å². The Kier molecular flexibility index (Phi) is 16.2. The predicted octanol–water partition coefficient (Wildman–Crippen LogP) is 7.43. The molecule has 0 bridgehead atoms. The van der Waals surface area contributed by atoms with Crippen LogP contribution >= 0.6 is 0 Å². The van der Waals surface area contributed by atoms with Gasteiger partial charge in [0.25, 0.3) is 0 Å². The summed E-state index contributed by atoms with van der Waals surface area (Å²) < 4.78 is 33.0. The second kappa shape index (κ2) is 22.4. The van der Waals surface area contributed by atoms with Gasteiger partial charge < -0.3 is 58.8 Å². The Hall–Kier alpha value is -6.66. The zero-order valence-electron chi connectivity index (χ0n) is 40.2. The molecule has 0 radical (unpaired) electrons. The fraction of sp³-hybridized carbons (Fsp3) is 0.480. The smallest absolute Gasteiger partial charge is 0.407 e. The molecular weight excluding hydrogens is 873 g/mol. The molecular formula is C50H64N8O10. The van der Waals surface area contributed by atoms with Gasteiger partial charge in [0.05, 0.1) is 62.4 Å². The average Bonchev–Trinajstić information content (AvgIpc) is 4.19. The van der Waals surface area contributed by atoms with Crippen molar-refractivity contribution in [3.8, 4) is 45.0 Å². The third kappa shape index (κ3) is 11.0. The van der Waals surface area contributed by atoms with Crippen LogP contribution in [-0.4, -0.2) is 134 Å². The number of H-pyrrole nitrogens is 2. The number of imidazole rings is 2. The van der Waals surface area contributed by atoms with Crippen LogP contribution in [0.25, 0.3) is 44.5 Å². The van der Waals surface area contributed by atoms with Crippen molar-refractivity contribution in [3.63, 3.8) is 0 Å². The molecule has 2 saturated heterocycles.